The molecule has 9 heteroatoms. The summed E-state index contributed by atoms with van der Waals surface area (Å²) in [6, 6.07) is 4.36. The molecular formula is C24H30ClFN4O3. The predicted octanol–water partition coefficient (Wildman–Crippen LogP) is 3.13. The third-order valence-corrected chi connectivity index (χ3v) is 7.28. The van der Waals surface area contributed by atoms with Crippen molar-refractivity contribution in [2.24, 2.45) is 5.92 Å². The summed E-state index contributed by atoms with van der Waals surface area (Å²) >= 11 is 6.75. The van der Waals surface area contributed by atoms with Gasteiger partial charge in [0.2, 0.25) is 5.88 Å². The molecule has 0 aliphatic carbocycles. The minimum absolute atomic E-state index is 0.0401. The van der Waals surface area contributed by atoms with Crippen molar-refractivity contribution in [1.82, 2.24) is 20.1 Å². The monoisotopic (exact) mass is 476 g/mol. The molecule has 33 heavy (non-hydrogen) atoms. The molecule has 178 valence electrons. The number of nitrogens with one attached hydrogen (secondary N) is 1. The Morgan fingerprint density at radius 3 is 2.91 bits per heavy atom. The second-order valence-corrected chi connectivity index (χ2v) is 9.60. The molecule has 4 heterocycles. The lowest BCUT2D eigenvalue weighted by Crippen LogP contribution is -2.52. The molecule has 1 atom stereocenters. The number of nitrogens with zero attached hydrogens (tertiary/aromatic N) is 3. The van der Waals surface area contributed by atoms with Crippen LogP contribution in [0.15, 0.2) is 18.2 Å². The van der Waals surface area contributed by atoms with E-state index in [0.29, 0.717) is 37.3 Å². The van der Waals surface area contributed by atoms with E-state index in [9.17, 15) is 9.50 Å². The Balaban J connectivity index is 1.54. The molecular weight excluding hydrogens is 447 g/mol. The number of phenols is 1. The molecule has 2 saturated heterocycles. The first kappa shape index (κ1) is 22.7. The second-order valence-electron chi connectivity index (χ2n) is 9.22. The maximum atomic E-state index is 14.8. The summed E-state index contributed by atoms with van der Waals surface area (Å²) in [6.07, 6.45) is 2.12. The van der Waals surface area contributed by atoms with Crippen LogP contribution in [-0.2, 0) is 6.54 Å². The van der Waals surface area contributed by atoms with Gasteiger partial charge < -0.3 is 24.8 Å². The Kier molecular flexibility index (Phi) is 6.60. The summed E-state index contributed by atoms with van der Waals surface area (Å²) in [7, 11) is 2.13. The SMILES string of the molecule is CN1CCC(COc2nc(-c3c(O)cccc3F)c(Cl)c3c2CN2CCNC[C@@H]2CO3)CC1. The topological polar surface area (TPSA) is 70.1 Å². The van der Waals surface area contributed by atoms with E-state index in [0.717, 1.165) is 51.1 Å². The van der Waals surface area contributed by atoms with Crippen LogP contribution in [0.3, 0.4) is 0 Å². The van der Waals surface area contributed by atoms with Gasteiger partial charge in [-0.25, -0.2) is 9.37 Å². The largest absolute Gasteiger partial charge is 0.507 e. The average Bonchev–Trinajstić information content (AvgIpc) is 3.01. The quantitative estimate of drug-likeness (QED) is 0.702. The standard InChI is InChI=1S/C24H30ClFN4O3/c1-29-8-5-15(6-9-29)13-33-24-17-12-30-10-7-27-11-16(30)14-32-23(17)21(25)22(28-24)20-18(26)3-2-4-19(20)31/h2-4,15-16,27,31H,5-14H2,1H3/t16-/m1/s1. The van der Waals surface area contributed by atoms with Gasteiger partial charge in [-0.15, -0.1) is 0 Å². The van der Waals surface area contributed by atoms with E-state index < -0.39 is 5.82 Å². The van der Waals surface area contributed by atoms with Crippen molar-refractivity contribution in [2.45, 2.75) is 25.4 Å². The van der Waals surface area contributed by atoms with E-state index >= 15 is 0 Å². The van der Waals surface area contributed by atoms with E-state index in [2.05, 4.69) is 27.1 Å². The van der Waals surface area contributed by atoms with E-state index in [4.69, 9.17) is 21.1 Å². The Morgan fingerprint density at radius 1 is 1.30 bits per heavy atom. The van der Waals surface area contributed by atoms with Crippen molar-refractivity contribution in [2.75, 3.05) is 53.0 Å². The van der Waals surface area contributed by atoms with Gasteiger partial charge in [-0.1, -0.05) is 17.7 Å². The number of halogens is 2. The minimum atomic E-state index is -0.596. The fourth-order valence-electron chi connectivity index (χ4n) is 4.86. The van der Waals surface area contributed by atoms with Gasteiger partial charge in [0, 0.05) is 26.2 Å². The number of likely N-dealkylation sites (tertiary alicyclic amines) is 1. The van der Waals surface area contributed by atoms with Gasteiger partial charge in [0.05, 0.1) is 23.8 Å². The molecule has 2 aromatic rings. The van der Waals surface area contributed by atoms with Gasteiger partial charge in [0.25, 0.3) is 0 Å². The van der Waals surface area contributed by atoms with E-state index in [1.165, 1.54) is 18.2 Å². The molecule has 0 radical (unpaired) electrons. The summed E-state index contributed by atoms with van der Waals surface area (Å²) in [5.41, 5.74) is 0.890. The van der Waals surface area contributed by atoms with Gasteiger partial charge >= 0.3 is 0 Å². The minimum Gasteiger partial charge on any atom is -0.507 e. The Labute approximate surface area is 198 Å². The fraction of sp³-hybridized carbons (Fsp3) is 0.542. The molecule has 0 amide bonds. The molecule has 2 N–H and O–H groups in total. The third kappa shape index (κ3) is 4.62. The van der Waals surface area contributed by atoms with Crippen LogP contribution in [0, 0.1) is 11.7 Å². The first-order valence-electron chi connectivity index (χ1n) is 11.6. The molecule has 3 aliphatic heterocycles. The third-order valence-electron chi connectivity index (χ3n) is 6.93. The summed E-state index contributed by atoms with van der Waals surface area (Å²) < 4.78 is 27.2. The second kappa shape index (κ2) is 9.62. The summed E-state index contributed by atoms with van der Waals surface area (Å²) in [4.78, 5) is 9.34. The summed E-state index contributed by atoms with van der Waals surface area (Å²) in [6.45, 7) is 6.28. The molecule has 3 aliphatic rings. The maximum absolute atomic E-state index is 14.8. The number of piperazine rings is 1. The highest BCUT2D eigenvalue weighted by atomic mass is 35.5. The number of rotatable bonds is 4. The van der Waals surface area contributed by atoms with Crippen molar-refractivity contribution in [3.63, 3.8) is 0 Å². The molecule has 2 fully saturated rings. The Bertz CT molecular complexity index is 995. The van der Waals surface area contributed by atoms with Gasteiger partial charge in [0.15, 0.2) is 0 Å². The van der Waals surface area contributed by atoms with Crippen molar-refractivity contribution >= 4 is 11.6 Å². The highest BCUT2D eigenvalue weighted by molar-refractivity contribution is 6.34. The zero-order valence-corrected chi connectivity index (χ0v) is 19.6. The van der Waals surface area contributed by atoms with Crippen LogP contribution >= 0.6 is 11.6 Å². The van der Waals surface area contributed by atoms with Crippen LogP contribution < -0.4 is 14.8 Å². The first-order chi connectivity index (χ1) is 16.0. The highest BCUT2D eigenvalue weighted by Gasteiger charge is 2.33. The van der Waals surface area contributed by atoms with Crippen molar-refractivity contribution in [3.8, 4) is 28.6 Å². The molecule has 0 saturated carbocycles. The van der Waals surface area contributed by atoms with Crippen LogP contribution in [0.1, 0.15) is 18.4 Å². The predicted molar refractivity (Wildman–Crippen MR) is 125 cm³/mol. The average molecular weight is 477 g/mol. The van der Waals surface area contributed by atoms with Gasteiger partial charge in [-0.05, 0) is 51.0 Å². The van der Waals surface area contributed by atoms with Crippen LogP contribution in [0.2, 0.25) is 5.02 Å². The zero-order valence-electron chi connectivity index (χ0n) is 18.8. The van der Waals surface area contributed by atoms with Gasteiger partial charge in [0.1, 0.15) is 34.6 Å². The number of phenolic OH excluding ortho intramolecular Hbond substituents is 1. The molecule has 1 aromatic heterocycles. The Morgan fingerprint density at radius 2 is 2.12 bits per heavy atom. The summed E-state index contributed by atoms with van der Waals surface area (Å²) in [5.74, 6) is 0.488. The number of piperidine rings is 1. The number of pyridine rings is 1. The molecule has 0 unspecified atom stereocenters. The molecule has 0 bridgehead atoms. The number of fused-ring (bicyclic) bond motifs is 2. The number of aromatic hydroxyl groups is 1. The van der Waals surface area contributed by atoms with Crippen molar-refractivity contribution in [1.29, 1.82) is 0 Å². The maximum Gasteiger partial charge on any atom is 0.222 e. The fourth-order valence-corrected chi connectivity index (χ4v) is 5.17. The smallest absolute Gasteiger partial charge is 0.222 e. The lowest BCUT2D eigenvalue weighted by molar-refractivity contribution is 0.119. The number of hydrogen-bond donors (Lipinski definition) is 2. The molecule has 1 aromatic carbocycles. The zero-order chi connectivity index (χ0) is 22.9. The number of hydrogen-bond acceptors (Lipinski definition) is 7. The normalized spacial score (nSPS) is 22.2. The number of benzene rings is 1. The van der Waals surface area contributed by atoms with Crippen molar-refractivity contribution in [3.05, 3.63) is 34.6 Å². The van der Waals surface area contributed by atoms with E-state index in [1.807, 2.05) is 0 Å². The van der Waals surface area contributed by atoms with E-state index in [-0.39, 0.29) is 28.1 Å². The first-order valence-corrected chi connectivity index (χ1v) is 12.0. The van der Waals surface area contributed by atoms with E-state index in [1.54, 1.807) is 0 Å². The van der Waals surface area contributed by atoms with Crippen molar-refractivity contribution < 1.29 is 19.0 Å². The highest BCUT2D eigenvalue weighted by Crippen LogP contribution is 2.45. The van der Waals surface area contributed by atoms with Gasteiger partial charge in [-0.3, -0.25) is 4.90 Å². The molecule has 7 nitrogen and oxygen atoms in total. The lowest BCUT2D eigenvalue weighted by atomic mass is 9.98. The summed E-state index contributed by atoms with van der Waals surface area (Å²) in [5, 5.41) is 14.0. The van der Waals surface area contributed by atoms with Gasteiger partial charge in [-0.2, -0.15) is 0 Å². The van der Waals surface area contributed by atoms with Crippen LogP contribution in [-0.4, -0.2) is 78.9 Å². The van der Waals surface area contributed by atoms with Crippen LogP contribution in [0.4, 0.5) is 4.39 Å². The number of aromatic nitrogens is 1. The Hall–Kier alpha value is -2.13. The number of ether oxygens (including phenoxy) is 2. The van der Waals surface area contributed by atoms with Crippen LogP contribution in [0.5, 0.6) is 17.4 Å². The molecule has 0 spiro atoms. The molecule has 5 rings (SSSR count). The lowest BCUT2D eigenvalue weighted by Gasteiger charge is -2.33. The van der Waals surface area contributed by atoms with Crippen LogP contribution in [0.25, 0.3) is 11.3 Å².